The van der Waals surface area contributed by atoms with Crippen molar-refractivity contribution in [3.8, 4) is 0 Å². The number of likely N-dealkylation sites (tertiary alicyclic amines) is 1. The number of nitrogens with zero attached hydrogens (tertiary/aromatic N) is 2. The number of rotatable bonds is 4. The van der Waals surface area contributed by atoms with Crippen molar-refractivity contribution in [3.05, 3.63) is 24.3 Å². The molecule has 0 aromatic carbocycles. The maximum atomic E-state index is 13.0. The molecule has 5 nitrogen and oxygen atoms in total. The number of sulfonamides is 1. The highest BCUT2D eigenvalue weighted by Gasteiger charge is 2.32. The molecular formula is C12H18FN3O2S. The van der Waals surface area contributed by atoms with Crippen LogP contribution in [0.4, 0.5) is 4.39 Å². The standard InChI is InChI=1S/C12H18FN3O2S/c1-3-16-7-9(2)12(8-16)15-19(17,18)11-4-10(13)5-14-6-11/h4-6,9,12,15H,3,7-8H2,1-2H3. The van der Waals surface area contributed by atoms with Gasteiger partial charge in [0.1, 0.15) is 10.7 Å². The van der Waals surface area contributed by atoms with Crippen LogP contribution in [0.5, 0.6) is 0 Å². The lowest BCUT2D eigenvalue weighted by molar-refractivity contribution is 0.344. The van der Waals surface area contributed by atoms with Crippen LogP contribution in [0.3, 0.4) is 0 Å². The van der Waals surface area contributed by atoms with Gasteiger partial charge in [0.05, 0.1) is 6.20 Å². The van der Waals surface area contributed by atoms with Crippen molar-refractivity contribution >= 4 is 10.0 Å². The molecule has 1 saturated heterocycles. The topological polar surface area (TPSA) is 62.3 Å². The summed E-state index contributed by atoms with van der Waals surface area (Å²) in [5.74, 6) is -0.422. The Labute approximate surface area is 112 Å². The van der Waals surface area contributed by atoms with Gasteiger partial charge in [0.15, 0.2) is 0 Å². The van der Waals surface area contributed by atoms with Gasteiger partial charge < -0.3 is 4.90 Å². The highest BCUT2D eigenvalue weighted by molar-refractivity contribution is 7.89. The molecule has 0 amide bonds. The number of pyridine rings is 1. The molecule has 1 aromatic rings. The van der Waals surface area contributed by atoms with Crippen LogP contribution >= 0.6 is 0 Å². The van der Waals surface area contributed by atoms with Gasteiger partial charge in [-0.25, -0.2) is 17.5 Å². The number of hydrogen-bond donors (Lipinski definition) is 1. The molecule has 106 valence electrons. The minimum absolute atomic E-state index is 0.130. The van der Waals surface area contributed by atoms with E-state index in [1.807, 2.05) is 13.8 Å². The molecule has 1 N–H and O–H groups in total. The van der Waals surface area contributed by atoms with Crippen molar-refractivity contribution < 1.29 is 12.8 Å². The summed E-state index contributed by atoms with van der Waals surface area (Å²) in [4.78, 5) is 5.62. The Hall–Kier alpha value is -1.05. The lowest BCUT2D eigenvalue weighted by Gasteiger charge is -2.16. The molecule has 19 heavy (non-hydrogen) atoms. The third kappa shape index (κ3) is 3.29. The number of nitrogens with one attached hydrogen (secondary N) is 1. The van der Waals surface area contributed by atoms with Gasteiger partial charge in [0.25, 0.3) is 0 Å². The van der Waals surface area contributed by atoms with Crippen molar-refractivity contribution in [2.45, 2.75) is 24.8 Å². The van der Waals surface area contributed by atoms with E-state index in [4.69, 9.17) is 0 Å². The lowest BCUT2D eigenvalue weighted by Crippen LogP contribution is -2.39. The van der Waals surface area contributed by atoms with E-state index in [2.05, 4.69) is 14.6 Å². The van der Waals surface area contributed by atoms with Gasteiger partial charge in [-0.3, -0.25) is 4.98 Å². The molecule has 2 rings (SSSR count). The Bertz CT molecular complexity index is 550. The van der Waals surface area contributed by atoms with E-state index >= 15 is 0 Å². The second kappa shape index (κ2) is 5.52. The molecule has 0 aliphatic carbocycles. The first-order valence-electron chi connectivity index (χ1n) is 6.27. The highest BCUT2D eigenvalue weighted by Crippen LogP contribution is 2.18. The van der Waals surface area contributed by atoms with Gasteiger partial charge in [-0.05, 0) is 18.5 Å². The van der Waals surface area contributed by atoms with E-state index in [0.29, 0.717) is 6.54 Å². The summed E-state index contributed by atoms with van der Waals surface area (Å²) in [6, 6.07) is 0.834. The lowest BCUT2D eigenvalue weighted by atomic mass is 10.1. The van der Waals surface area contributed by atoms with Crippen LogP contribution in [-0.2, 0) is 10.0 Å². The molecule has 2 unspecified atom stereocenters. The van der Waals surface area contributed by atoms with Gasteiger partial charge in [-0.15, -0.1) is 0 Å². The summed E-state index contributed by atoms with van der Waals surface area (Å²) >= 11 is 0. The zero-order valence-corrected chi connectivity index (χ0v) is 11.8. The molecule has 1 aliphatic rings. The molecule has 0 saturated carbocycles. The van der Waals surface area contributed by atoms with Crippen molar-refractivity contribution in [1.29, 1.82) is 0 Å². The molecule has 1 aliphatic heterocycles. The predicted molar refractivity (Wildman–Crippen MR) is 69.6 cm³/mol. The minimum Gasteiger partial charge on any atom is -0.302 e. The van der Waals surface area contributed by atoms with Crippen LogP contribution in [0, 0.1) is 11.7 Å². The van der Waals surface area contributed by atoms with E-state index in [-0.39, 0.29) is 16.9 Å². The van der Waals surface area contributed by atoms with Gasteiger partial charge in [-0.2, -0.15) is 0 Å². The van der Waals surface area contributed by atoms with Gasteiger partial charge in [-0.1, -0.05) is 13.8 Å². The molecule has 2 atom stereocenters. The molecule has 2 heterocycles. The maximum absolute atomic E-state index is 13.0. The number of likely N-dealkylation sites (N-methyl/N-ethyl adjacent to an activating group) is 1. The maximum Gasteiger partial charge on any atom is 0.242 e. The monoisotopic (exact) mass is 287 g/mol. The molecule has 0 bridgehead atoms. The molecular weight excluding hydrogens is 269 g/mol. The summed E-state index contributed by atoms with van der Waals surface area (Å²) in [6.07, 6.45) is 2.14. The second-order valence-corrected chi connectivity index (χ2v) is 6.61. The Morgan fingerprint density at radius 3 is 2.79 bits per heavy atom. The van der Waals surface area contributed by atoms with Gasteiger partial charge in [0, 0.05) is 25.3 Å². The van der Waals surface area contributed by atoms with Crippen molar-refractivity contribution in [3.63, 3.8) is 0 Å². The van der Waals surface area contributed by atoms with E-state index in [9.17, 15) is 12.8 Å². The Morgan fingerprint density at radius 1 is 1.47 bits per heavy atom. The fourth-order valence-corrected chi connectivity index (χ4v) is 3.59. The minimum atomic E-state index is -3.71. The highest BCUT2D eigenvalue weighted by atomic mass is 32.2. The van der Waals surface area contributed by atoms with Crippen molar-refractivity contribution in [2.24, 2.45) is 5.92 Å². The molecule has 7 heteroatoms. The summed E-state index contributed by atoms with van der Waals surface area (Å²) in [5, 5.41) is 0. The van der Waals surface area contributed by atoms with E-state index in [1.54, 1.807) is 0 Å². The number of aromatic nitrogens is 1. The van der Waals surface area contributed by atoms with E-state index in [1.165, 1.54) is 0 Å². The second-order valence-electron chi connectivity index (χ2n) is 4.90. The number of halogens is 1. The normalized spacial score (nSPS) is 24.8. The number of hydrogen-bond acceptors (Lipinski definition) is 4. The first kappa shape index (κ1) is 14.4. The summed E-state index contributed by atoms with van der Waals surface area (Å²) in [6.45, 7) is 6.49. The Morgan fingerprint density at radius 2 is 2.21 bits per heavy atom. The quantitative estimate of drug-likeness (QED) is 0.891. The molecule has 1 aromatic heterocycles. The van der Waals surface area contributed by atoms with Crippen LogP contribution < -0.4 is 4.72 Å². The zero-order valence-electron chi connectivity index (χ0n) is 11.0. The SMILES string of the molecule is CCN1CC(C)C(NS(=O)(=O)c2cncc(F)c2)C1. The molecule has 0 radical (unpaired) electrons. The van der Waals surface area contributed by atoms with Crippen LogP contribution in [0.15, 0.2) is 23.4 Å². The largest absolute Gasteiger partial charge is 0.302 e. The van der Waals surface area contributed by atoms with Crippen molar-refractivity contribution in [2.75, 3.05) is 19.6 Å². The fourth-order valence-electron chi connectivity index (χ4n) is 2.29. The average Bonchev–Trinajstić information content (AvgIpc) is 2.70. The van der Waals surface area contributed by atoms with Gasteiger partial charge >= 0.3 is 0 Å². The third-order valence-electron chi connectivity index (χ3n) is 3.43. The van der Waals surface area contributed by atoms with Crippen LogP contribution in [-0.4, -0.2) is 44.0 Å². The first-order valence-corrected chi connectivity index (χ1v) is 7.76. The summed E-state index contributed by atoms with van der Waals surface area (Å²) < 4.78 is 40.0. The summed E-state index contributed by atoms with van der Waals surface area (Å²) in [7, 11) is -3.71. The van der Waals surface area contributed by atoms with E-state index < -0.39 is 15.8 Å². The Balaban J connectivity index is 2.14. The average molecular weight is 287 g/mol. The van der Waals surface area contributed by atoms with Crippen molar-refractivity contribution in [1.82, 2.24) is 14.6 Å². The first-order chi connectivity index (χ1) is 8.92. The van der Waals surface area contributed by atoms with E-state index in [0.717, 1.165) is 31.5 Å². The zero-order chi connectivity index (χ0) is 14.0. The molecule has 0 spiro atoms. The van der Waals surface area contributed by atoms with Crippen LogP contribution in [0.25, 0.3) is 0 Å². The Kier molecular flexibility index (Phi) is 4.17. The predicted octanol–water partition coefficient (Wildman–Crippen LogP) is 0.839. The summed E-state index contributed by atoms with van der Waals surface area (Å²) in [5.41, 5.74) is 0. The van der Waals surface area contributed by atoms with Crippen LogP contribution in [0.1, 0.15) is 13.8 Å². The smallest absolute Gasteiger partial charge is 0.242 e. The van der Waals surface area contributed by atoms with Gasteiger partial charge in [0.2, 0.25) is 10.0 Å². The fraction of sp³-hybridized carbons (Fsp3) is 0.583. The van der Waals surface area contributed by atoms with Crippen LogP contribution in [0.2, 0.25) is 0 Å². The molecule has 1 fully saturated rings. The third-order valence-corrected chi connectivity index (χ3v) is 4.89.